The van der Waals surface area contributed by atoms with Gasteiger partial charge in [0.25, 0.3) is 5.91 Å². The highest BCUT2D eigenvalue weighted by Crippen LogP contribution is 2.36. The number of nitrogens with zero attached hydrogens (tertiary/aromatic N) is 2. The summed E-state index contributed by atoms with van der Waals surface area (Å²) in [6, 6.07) is 10.2. The second-order valence-electron chi connectivity index (χ2n) is 8.48. The van der Waals surface area contributed by atoms with Crippen molar-refractivity contribution < 1.29 is 35.5 Å². The maximum atomic E-state index is 13.3. The van der Waals surface area contributed by atoms with E-state index in [1.165, 1.54) is 17.0 Å². The van der Waals surface area contributed by atoms with Crippen LogP contribution in [0.15, 0.2) is 60.8 Å². The molecule has 2 aromatic carbocycles. The molecule has 194 valence electrons. The van der Waals surface area contributed by atoms with E-state index in [2.05, 4.69) is 0 Å². The van der Waals surface area contributed by atoms with Crippen LogP contribution in [0, 0.1) is 5.82 Å². The molecule has 10 heteroatoms. The van der Waals surface area contributed by atoms with E-state index in [0.29, 0.717) is 30.8 Å². The van der Waals surface area contributed by atoms with Crippen LogP contribution in [-0.2, 0) is 25.4 Å². The summed E-state index contributed by atoms with van der Waals surface area (Å²) in [7, 11) is 0. The van der Waals surface area contributed by atoms with Crippen LogP contribution in [-0.4, -0.2) is 21.9 Å². The van der Waals surface area contributed by atoms with Crippen LogP contribution in [0.25, 0.3) is 0 Å². The van der Waals surface area contributed by atoms with Crippen LogP contribution >= 0.6 is 0 Å². The number of unbranched alkanes of at least 4 members (excludes halogenated alkanes) is 2. The zero-order valence-electron chi connectivity index (χ0n) is 19.5. The zero-order valence-corrected chi connectivity index (χ0v) is 19.5. The van der Waals surface area contributed by atoms with Crippen molar-refractivity contribution in [2.75, 3.05) is 6.54 Å². The molecule has 0 fully saturated rings. The minimum atomic E-state index is -5.05. The van der Waals surface area contributed by atoms with Crippen molar-refractivity contribution in [2.24, 2.45) is 0 Å². The predicted octanol–water partition coefficient (Wildman–Crippen LogP) is 7.55. The molecular weight excluding hydrogens is 489 g/mol. The molecule has 0 atom stereocenters. The van der Waals surface area contributed by atoms with E-state index in [1.54, 1.807) is 35.0 Å². The predicted molar refractivity (Wildman–Crippen MR) is 121 cm³/mol. The number of carbonyl (C=O) groups is 1. The van der Waals surface area contributed by atoms with Crippen molar-refractivity contribution in [3.05, 3.63) is 94.6 Å². The van der Waals surface area contributed by atoms with Crippen LogP contribution in [0.2, 0.25) is 0 Å². The molecular formula is C26H25F7N2O. The first-order valence-electron chi connectivity index (χ1n) is 11.4. The highest BCUT2D eigenvalue weighted by molar-refractivity contribution is 5.94. The Balaban J connectivity index is 1.93. The Labute approximate surface area is 204 Å². The summed E-state index contributed by atoms with van der Waals surface area (Å²) in [4.78, 5) is 14.5. The van der Waals surface area contributed by atoms with E-state index >= 15 is 0 Å². The lowest BCUT2D eigenvalue weighted by Gasteiger charge is -2.25. The first-order chi connectivity index (χ1) is 16.9. The largest absolute Gasteiger partial charge is 0.416 e. The summed E-state index contributed by atoms with van der Waals surface area (Å²) in [5, 5.41) is 0. The molecule has 0 unspecified atom stereocenters. The standard InChI is InChI=1S/C26H25F7N2O/c1-2-3-4-11-35(17-23-6-5-12-34(23)16-18-7-9-22(27)10-8-18)24(36)19-13-20(25(28,29)30)15-21(14-19)26(31,32)33/h5-10,12-15H,2-4,11,16-17H2,1H3. The SMILES string of the molecule is CCCCCN(Cc1cccn1Cc1ccc(F)cc1)C(=O)c1cc(C(F)(F)F)cc(C(F)(F)F)c1. The van der Waals surface area contributed by atoms with Gasteiger partial charge in [-0.05, 0) is 54.4 Å². The third kappa shape index (κ3) is 7.11. The minimum Gasteiger partial charge on any atom is -0.345 e. The monoisotopic (exact) mass is 514 g/mol. The van der Waals surface area contributed by atoms with Gasteiger partial charge in [-0.3, -0.25) is 4.79 Å². The molecule has 0 bridgehead atoms. The van der Waals surface area contributed by atoms with Gasteiger partial charge in [0, 0.05) is 30.5 Å². The lowest BCUT2D eigenvalue weighted by atomic mass is 10.0. The van der Waals surface area contributed by atoms with Gasteiger partial charge >= 0.3 is 12.4 Å². The Hall–Kier alpha value is -3.30. The number of benzene rings is 2. The lowest BCUT2D eigenvalue weighted by Crippen LogP contribution is -2.33. The summed E-state index contributed by atoms with van der Waals surface area (Å²) in [5.41, 5.74) is -2.33. The van der Waals surface area contributed by atoms with Crippen LogP contribution in [0.1, 0.15) is 58.9 Å². The molecule has 0 saturated carbocycles. The third-order valence-corrected chi connectivity index (χ3v) is 5.70. The fourth-order valence-electron chi connectivity index (χ4n) is 3.80. The average molecular weight is 514 g/mol. The highest BCUT2D eigenvalue weighted by atomic mass is 19.4. The Morgan fingerprint density at radius 1 is 0.889 bits per heavy atom. The van der Waals surface area contributed by atoms with Crippen molar-refractivity contribution in [1.82, 2.24) is 9.47 Å². The summed E-state index contributed by atoms with van der Waals surface area (Å²) in [6.07, 6.45) is -6.28. The summed E-state index contributed by atoms with van der Waals surface area (Å²) >= 11 is 0. The molecule has 0 saturated heterocycles. The molecule has 1 heterocycles. The van der Waals surface area contributed by atoms with Gasteiger partial charge < -0.3 is 9.47 Å². The van der Waals surface area contributed by atoms with Crippen molar-refractivity contribution >= 4 is 5.91 Å². The number of hydrogen-bond acceptors (Lipinski definition) is 1. The van der Waals surface area contributed by atoms with Gasteiger partial charge in [-0.2, -0.15) is 26.3 Å². The van der Waals surface area contributed by atoms with E-state index in [1.807, 2.05) is 6.92 Å². The topological polar surface area (TPSA) is 25.2 Å². The van der Waals surface area contributed by atoms with Crippen LogP contribution in [0.3, 0.4) is 0 Å². The molecule has 0 aliphatic rings. The van der Waals surface area contributed by atoms with Crippen molar-refractivity contribution in [1.29, 1.82) is 0 Å². The molecule has 3 nitrogen and oxygen atoms in total. The smallest absolute Gasteiger partial charge is 0.345 e. The van der Waals surface area contributed by atoms with Crippen molar-refractivity contribution in [3.8, 4) is 0 Å². The van der Waals surface area contributed by atoms with Crippen LogP contribution < -0.4 is 0 Å². The fraction of sp³-hybridized carbons (Fsp3) is 0.346. The van der Waals surface area contributed by atoms with Crippen molar-refractivity contribution in [2.45, 2.75) is 51.6 Å². The highest BCUT2D eigenvalue weighted by Gasteiger charge is 2.38. The maximum Gasteiger partial charge on any atom is 0.416 e. The Morgan fingerprint density at radius 2 is 1.50 bits per heavy atom. The number of aromatic nitrogens is 1. The van der Waals surface area contributed by atoms with E-state index in [4.69, 9.17) is 0 Å². The number of hydrogen-bond donors (Lipinski definition) is 0. The van der Waals surface area contributed by atoms with Gasteiger partial charge in [0.2, 0.25) is 0 Å². The molecule has 0 aliphatic carbocycles. The maximum absolute atomic E-state index is 13.3. The number of amides is 1. The Bertz CT molecular complexity index is 1130. The summed E-state index contributed by atoms with van der Waals surface area (Å²) in [5.74, 6) is -1.31. The first kappa shape index (κ1) is 27.3. The molecule has 3 aromatic rings. The number of rotatable bonds is 9. The molecule has 0 N–H and O–H groups in total. The van der Waals surface area contributed by atoms with E-state index < -0.39 is 40.8 Å². The minimum absolute atomic E-state index is 0.00600. The normalized spacial score (nSPS) is 12.1. The Morgan fingerprint density at radius 3 is 2.06 bits per heavy atom. The second-order valence-corrected chi connectivity index (χ2v) is 8.48. The zero-order chi connectivity index (χ0) is 26.5. The Kier molecular flexibility index (Phi) is 8.47. The van der Waals surface area contributed by atoms with Gasteiger partial charge in [0.15, 0.2) is 0 Å². The van der Waals surface area contributed by atoms with E-state index in [9.17, 15) is 35.5 Å². The number of carbonyl (C=O) groups excluding carboxylic acids is 1. The lowest BCUT2D eigenvalue weighted by molar-refractivity contribution is -0.143. The van der Waals surface area contributed by atoms with Crippen molar-refractivity contribution in [3.63, 3.8) is 0 Å². The molecule has 0 aliphatic heterocycles. The van der Waals surface area contributed by atoms with Gasteiger partial charge in [0.1, 0.15) is 5.82 Å². The number of halogens is 7. The molecule has 36 heavy (non-hydrogen) atoms. The van der Waals surface area contributed by atoms with Gasteiger partial charge in [-0.15, -0.1) is 0 Å². The second kappa shape index (κ2) is 11.2. The molecule has 1 amide bonds. The number of alkyl halides is 6. The van der Waals surface area contributed by atoms with Gasteiger partial charge in [-0.25, -0.2) is 4.39 Å². The van der Waals surface area contributed by atoms with Crippen LogP contribution in [0.4, 0.5) is 30.7 Å². The van der Waals surface area contributed by atoms with Crippen LogP contribution in [0.5, 0.6) is 0 Å². The van der Waals surface area contributed by atoms with Gasteiger partial charge in [-0.1, -0.05) is 31.9 Å². The van der Waals surface area contributed by atoms with E-state index in [0.717, 1.165) is 18.4 Å². The summed E-state index contributed by atoms with van der Waals surface area (Å²) in [6.45, 7) is 2.42. The molecule has 3 rings (SSSR count). The molecule has 1 aromatic heterocycles. The third-order valence-electron chi connectivity index (χ3n) is 5.70. The van der Waals surface area contributed by atoms with E-state index in [-0.39, 0.29) is 19.2 Å². The molecule has 0 radical (unpaired) electrons. The first-order valence-corrected chi connectivity index (χ1v) is 11.4. The summed E-state index contributed by atoms with van der Waals surface area (Å²) < 4.78 is 94.9. The average Bonchev–Trinajstić information content (AvgIpc) is 3.24. The quantitative estimate of drug-likeness (QED) is 0.214. The molecule has 0 spiro atoms. The van der Waals surface area contributed by atoms with Gasteiger partial charge in [0.05, 0.1) is 17.7 Å². The fourth-order valence-corrected chi connectivity index (χ4v) is 3.80.